The van der Waals surface area contributed by atoms with Gasteiger partial charge in [-0.1, -0.05) is 39.1 Å². The SMILES string of the molecule is O=S(=O)(NCCCBr)c1cc(Cl)cc(Cl)c1. The Bertz CT molecular complexity index is 444. The molecule has 0 aromatic heterocycles. The number of alkyl halides is 1. The highest BCUT2D eigenvalue weighted by Gasteiger charge is 2.14. The molecule has 0 aliphatic heterocycles. The van der Waals surface area contributed by atoms with Gasteiger partial charge in [-0.3, -0.25) is 0 Å². The van der Waals surface area contributed by atoms with Crippen LogP contribution in [0.1, 0.15) is 6.42 Å². The minimum atomic E-state index is -3.52. The first kappa shape index (κ1) is 14.3. The number of halogens is 3. The molecule has 0 aliphatic carbocycles. The number of hydrogen-bond acceptors (Lipinski definition) is 2. The number of hydrogen-bond donors (Lipinski definition) is 1. The van der Waals surface area contributed by atoms with Crippen molar-refractivity contribution in [2.45, 2.75) is 11.3 Å². The summed E-state index contributed by atoms with van der Waals surface area (Å²) in [6.07, 6.45) is 0.716. The summed E-state index contributed by atoms with van der Waals surface area (Å²) in [5, 5.41) is 1.34. The third kappa shape index (κ3) is 4.22. The van der Waals surface area contributed by atoms with E-state index in [-0.39, 0.29) is 4.90 Å². The second-order valence-corrected chi connectivity index (χ2v) is 6.48. The molecule has 0 fully saturated rings. The molecule has 16 heavy (non-hydrogen) atoms. The highest BCUT2D eigenvalue weighted by atomic mass is 79.9. The highest BCUT2D eigenvalue weighted by molar-refractivity contribution is 9.09. The minimum Gasteiger partial charge on any atom is -0.211 e. The molecule has 7 heteroatoms. The van der Waals surface area contributed by atoms with E-state index in [0.29, 0.717) is 23.0 Å². The topological polar surface area (TPSA) is 46.2 Å². The predicted octanol–water partition coefficient (Wildman–Crippen LogP) is 3.06. The monoisotopic (exact) mass is 345 g/mol. The van der Waals surface area contributed by atoms with Crippen molar-refractivity contribution in [1.29, 1.82) is 0 Å². The summed E-state index contributed by atoms with van der Waals surface area (Å²) in [7, 11) is -3.52. The van der Waals surface area contributed by atoms with E-state index >= 15 is 0 Å². The van der Waals surface area contributed by atoms with E-state index in [1.807, 2.05) is 0 Å². The number of nitrogens with one attached hydrogen (secondary N) is 1. The molecule has 0 spiro atoms. The Labute approximate surface area is 113 Å². The summed E-state index contributed by atoms with van der Waals surface area (Å²) >= 11 is 14.7. The average Bonchev–Trinajstić information content (AvgIpc) is 2.16. The zero-order valence-corrected chi connectivity index (χ0v) is 12.1. The fourth-order valence-corrected chi connectivity index (χ4v) is 3.12. The zero-order valence-electron chi connectivity index (χ0n) is 8.21. The predicted molar refractivity (Wildman–Crippen MR) is 70.1 cm³/mol. The van der Waals surface area contributed by atoms with E-state index in [2.05, 4.69) is 20.7 Å². The van der Waals surface area contributed by atoms with Gasteiger partial charge in [0.1, 0.15) is 0 Å². The van der Waals surface area contributed by atoms with Gasteiger partial charge in [-0.2, -0.15) is 0 Å². The van der Waals surface area contributed by atoms with Gasteiger partial charge in [0, 0.05) is 21.9 Å². The summed E-state index contributed by atoms with van der Waals surface area (Å²) < 4.78 is 26.0. The van der Waals surface area contributed by atoms with E-state index in [9.17, 15) is 8.42 Å². The first-order chi connectivity index (χ1) is 7.45. The lowest BCUT2D eigenvalue weighted by Gasteiger charge is -2.06. The zero-order chi connectivity index (χ0) is 12.2. The largest absolute Gasteiger partial charge is 0.240 e. The van der Waals surface area contributed by atoms with Crippen molar-refractivity contribution in [3.05, 3.63) is 28.2 Å². The van der Waals surface area contributed by atoms with Gasteiger partial charge >= 0.3 is 0 Å². The molecule has 0 saturated carbocycles. The van der Waals surface area contributed by atoms with Gasteiger partial charge in [0.05, 0.1) is 4.90 Å². The molecule has 1 rings (SSSR count). The Kier molecular flexibility index (Phi) is 5.53. The Morgan fingerprint density at radius 2 is 1.75 bits per heavy atom. The van der Waals surface area contributed by atoms with E-state index < -0.39 is 10.0 Å². The van der Waals surface area contributed by atoms with E-state index in [1.54, 1.807) is 0 Å². The fraction of sp³-hybridized carbons (Fsp3) is 0.333. The molecule has 90 valence electrons. The number of sulfonamides is 1. The van der Waals surface area contributed by atoms with Crippen LogP contribution in [0.15, 0.2) is 23.1 Å². The number of rotatable bonds is 5. The fourth-order valence-electron chi connectivity index (χ4n) is 1.04. The molecular formula is C9H10BrCl2NO2S. The quantitative estimate of drug-likeness (QED) is 0.657. The maximum Gasteiger partial charge on any atom is 0.240 e. The molecule has 1 N–H and O–H groups in total. The van der Waals surface area contributed by atoms with Gasteiger partial charge in [-0.25, -0.2) is 13.1 Å². The smallest absolute Gasteiger partial charge is 0.211 e. The third-order valence-corrected chi connectivity index (χ3v) is 4.19. The molecule has 0 aliphatic rings. The first-order valence-corrected chi connectivity index (χ1v) is 7.83. The van der Waals surface area contributed by atoms with Crippen molar-refractivity contribution in [3.63, 3.8) is 0 Å². The molecule has 3 nitrogen and oxygen atoms in total. The lowest BCUT2D eigenvalue weighted by molar-refractivity contribution is 0.581. The Morgan fingerprint density at radius 3 is 2.25 bits per heavy atom. The molecule has 0 unspecified atom stereocenters. The van der Waals surface area contributed by atoms with Gasteiger partial charge in [-0.05, 0) is 24.6 Å². The van der Waals surface area contributed by atoms with E-state index in [1.165, 1.54) is 18.2 Å². The van der Waals surface area contributed by atoms with Crippen LogP contribution in [0.5, 0.6) is 0 Å². The second kappa shape index (κ2) is 6.21. The van der Waals surface area contributed by atoms with Crippen LogP contribution in [0.2, 0.25) is 10.0 Å². The van der Waals surface area contributed by atoms with Crippen LogP contribution in [0, 0.1) is 0 Å². The van der Waals surface area contributed by atoms with Crippen molar-refractivity contribution >= 4 is 49.2 Å². The summed E-state index contributed by atoms with van der Waals surface area (Å²) in [5.41, 5.74) is 0. The maximum atomic E-state index is 11.8. The van der Waals surface area contributed by atoms with Gasteiger partial charge < -0.3 is 0 Å². The third-order valence-electron chi connectivity index (χ3n) is 1.75. The molecule has 0 heterocycles. The van der Waals surface area contributed by atoms with Crippen LogP contribution < -0.4 is 4.72 Å². The van der Waals surface area contributed by atoms with Crippen LogP contribution in [-0.4, -0.2) is 20.3 Å². The Morgan fingerprint density at radius 1 is 1.19 bits per heavy atom. The van der Waals surface area contributed by atoms with Gasteiger partial charge in [0.15, 0.2) is 0 Å². The molecule has 0 bridgehead atoms. The van der Waals surface area contributed by atoms with Crippen LogP contribution >= 0.6 is 39.1 Å². The van der Waals surface area contributed by atoms with E-state index in [0.717, 1.165) is 5.33 Å². The summed E-state index contributed by atoms with van der Waals surface area (Å²) in [6.45, 7) is 0.373. The lowest BCUT2D eigenvalue weighted by atomic mass is 10.4. The van der Waals surface area contributed by atoms with Gasteiger partial charge in [0.25, 0.3) is 0 Å². The van der Waals surface area contributed by atoms with Crippen molar-refractivity contribution in [3.8, 4) is 0 Å². The van der Waals surface area contributed by atoms with Crippen LogP contribution in [0.25, 0.3) is 0 Å². The van der Waals surface area contributed by atoms with Gasteiger partial charge in [0.2, 0.25) is 10.0 Å². The second-order valence-electron chi connectivity index (χ2n) is 3.05. The minimum absolute atomic E-state index is 0.0829. The summed E-state index contributed by atoms with van der Waals surface area (Å²) in [5.74, 6) is 0. The van der Waals surface area contributed by atoms with Crippen molar-refractivity contribution in [2.75, 3.05) is 11.9 Å². The highest BCUT2D eigenvalue weighted by Crippen LogP contribution is 2.22. The standard InChI is InChI=1S/C9H10BrCl2NO2S/c10-2-1-3-13-16(14,15)9-5-7(11)4-8(12)6-9/h4-6,13H,1-3H2. The Balaban J connectivity index is 2.89. The molecule has 0 radical (unpaired) electrons. The van der Waals surface area contributed by atoms with Crippen molar-refractivity contribution in [2.24, 2.45) is 0 Å². The number of benzene rings is 1. The van der Waals surface area contributed by atoms with Crippen LogP contribution in [0.3, 0.4) is 0 Å². The van der Waals surface area contributed by atoms with Crippen molar-refractivity contribution in [1.82, 2.24) is 4.72 Å². The molecular weight excluding hydrogens is 337 g/mol. The van der Waals surface area contributed by atoms with Crippen LogP contribution in [0.4, 0.5) is 0 Å². The molecule has 0 amide bonds. The summed E-state index contributed by atoms with van der Waals surface area (Å²) in [6, 6.07) is 4.22. The van der Waals surface area contributed by atoms with Crippen molar-refractivity contribution < 1.29 is 8.42 Å². The average molecular weight is 347 g/mol. The van der Waals surface area contributed by atoms with E-state index in [4.69, 9.17) is 23.2 Å². The molecule has 1 aromatic carbocycles. The van der Waals surface area contributed by atoms with Crippen LogP contribution in [-0.2, 0) is 10.0 Å². The molecule has 0 atom stereocenters. The lowest BCUT2D eigenvalue weighted by Crippen LogP contribution is -2.25. The maximum absolute atomic E-state index is 11.8. The van der Waals surface area contributed by atoms with Gasteiger partial charge in [-0.15, -0.1) is 0 Å². The first-order valence-electron chi connectivity index (χ1n) is 4.47. The Hall–Kier alpha value is 0.190. The summed E-state index contributed by atoms with van der Waals surface area (Å²) in [4.78, 5) is 0.0829. The molecule has 1 aromatic rings. The molecule has 0 saturated heterocycles. The normalized spacial score (nSPS) is 11.7.